The largest absolute Gasteiger partial charge is 0.421 e. The third-order valence-corrected chi connectivity index (χ3v) is 4.11. The Morgan fingerprint density at radius 2 is 1.35 bits per heavy atom. The van der Waals surface area contributed by atoms with Crippen LogP contribution in [-0.4, -0.2) is 17.8 Å². The number of ether oxygens (including phenoxy) is 1. The van der Waals surface area contributed by atoms with Gasteiger partial charge in [0.1, 0.15) is 5.76 Å². The molecule has 4 heteroatoms. The standard InChI is InChI=1S/C19H13NO3/c20-16-13(11-7-3-1-4-8-11)14-15(17(16)21)18(23-19(14)22)12-9-5-2-6-10-12/h1-10,16H,20H2. The van der Waals surface area contributed by atoms with E-state index >= 15 is 0 Å². The lowest BCUT2D eigenvalue weighted by Crippen LogP contribution is -2.28. The molecule has 2 aromatic rings. The zero-order chi connectivity index (χ0) is 16.0. The molecule has 4 nitrogen and oxygen atoms in total. The molecule has 0 fully saturated rings. The van der Waals surface area contributed by atoms with Crippen LogP contribution in [0.25, 0.3) is 11.3 Å². The molecule has 0 spiro atoms. The Morgan fingerprint density at radius 1 is 0.783 bits per heavy atom. The summed E-state index contributed by atoms with van der Waals surface area (Å²) in [5, 5.41) is 0. The number of Topliss-reactive ketones (excluding diaryl/α,β-unsaturated/α-hetero) is 1. The van der Waals surface area contributed by atoms with Gasteiger partial charge in [-0.25, -0.2) is 4.79 Å². The minimum Gasteiger partial charge on any atom is -0.421 e. The van der Waals surface area contributed by atoms with E-state index in [0.717, 1.165) is 5.56 Å². The van der Waals surface area contributed by atoms with Crippen molar-refractivity contribution in [1.82, 2.24) is 0 Å². The number of esters is 1. The van der Waals surface area contributed by atoms with Crippen molar-refractivity contribution in [2.45, 2.75) is 6.04 Å². The lowest BCUT2D eigenvalue weighted by molar-refractivity contribution is -0.131. The second-order valence-electron chi connectivity index (χ2n) is 5.46. The number of carbonyl (C=O) groups is 2. The van der Waals surface area contributed by atoms with Gasteiger partial charge >= 0.3 is 5.97 Å². The molecule has 0 aromatic heterocycles. The first kappa shape index (κ1) is 13.7. The van der Waals surface area contributed by atoms with Crippen molar-refractivity contribution in [2.75, 3.05) is 0 Å². The van der Waals surface area contributed by atoms with Gasteiger partial charge in [-0.15, -0.1) is 0 Å². The van der Waals surface area contributed by atoms with Gasteiger partial charge in [-0.2, -0.15) is 0 Å². The Balaban J connectivity index is 1.97. The van der Waals surface area contributed by atoms with E-state index in [9.17, 15) is 9.59 Å². The fourth-order valence-corrected chi connectivity index (χ4v) is 3.07. The number of rotatable bonds is 2. The predicted molar refractivity (Wildman–Crippen MR) is 85.8 cm³/mol. The molecule has 0 saturated carbocycles. The van der Waals surface area contributed by atoms with Crippen LogP contribution in [0, 0.1) is 0 Å². The van der Waals surface area contributed by atoms with Crippen LogP contribution in [0.3, 0.4) is 0 Å². The van der Waals surface area contributed by atoms with Crippen LogP contribution >= 0.6 is 0 Å². The summed E-state index contributed by atoms with van der Waals surface area (Å²) in [5.41, 5.74) is 8.70. The van der Waals surface area contributed by atoms with Crippen LogP contribution in [0.5, 0.6) is 0 Å². The average molecular weight is 303 g/mol. The Bertz CT molecular complexity index is 879. The normalized spacial score (nSPS) is 20.1. The van der Waals surface area contributed by atoms with Crippen molar-refractivity contribution in [2.24, 2.45) is 5.73 Å². The van der Waals surface area contributed by atoms with Crippen LogP contribution in [0.1, 0.15) is 11.1 Å². The molecule has 23 heavy (non-hydrogen) atoms. The number of ketones is 1. The molecule has 112 valence electrons. The average Bonchev–Trinajstić information content (AvgIpc) is 3.06. The van der Waals surface area contributed by atoms with Crippen molar-refractivity contribution < 1.29 is 14.3 Å². The number of hydrogen-bond donors (Lipinski definition) is 1. The second-order valence-corrected chi connectivity index (χ2v) is 5.46. The number of carbonyl (C=O) groups excluding carboxylic acids is 2. The maximum Gasteiger partial charge on any atom is 0.344 e. The molecule has 0 saturated heterocycles. The number of cyclic esters (lactones) is 1. The molecule has 0 radical (unpaired) electrons. The number of fused-ring (bicyclic) bond motifs is 1. The third-order valence-electron chi connectivity index (χ3n) is 4.11. The molecule has 4 rings (SSSR count). The van der Waals surface area contributed by atoms with Crippen molar-refractivity contribution in [3.05, 3.63) is 82.9 Å². The quantitative estimate of drug-likeness (QED) is 0.864. The van der Waals surface area contributed by atoms with Crippen LogP contribution in [0.4, 0.5) is 0 Å². The van der Waals surface area contributed by atoms with Crippen molar-refractivity contribution in [3.8, 4) is 0 Å². The fourth-order valence-electron chi connectivity index (χ4n) is 3.07. The van der Waals surface area contributed by atoms with Crippen molar-refractivity contribution in [3.63, 3.8) is 0 Å². The van der Waals surface area contributed by atoms with E-state index in [1.165, 1.54) is 0 Å². The van der Waals surface area contributed by atoms with Crippen molar-refractivity contribution >= 4 is 23.1 Å². The van der Waals surface area contributed by atoms with Gasteiger partial charge in [0.15, 0.2) is 5.78 Å². The highest BCUT2D eigenvalue weighted by atomic mass is 16.5. The van der Waals surface area contributed by atoms with Gasteiger partial charge in [0.05, 0.1) is 17.2 Å². The molecule has 2 aliphatic rings. The summed E-state index contributed by atoms with van der Waals surface area (Å²) >= 11 is 0. The fraction of sp³-hybridized carbons (Fsp3) is 0.0526. The Morgan fingerprint density at radius 3 is 1.96 bits per heavy atom. The second kappa shape index (κ2) is 5.04. The first-order valence-electron chi connectivity index (χ1n) is 7.30. The van der Waals surface area contributed by atoms with Crippen LogP contribution in [-0.2, 0) is 14.3 Å². The van der Waals surface area contributed by atoms with Gasteiger partial charge in [-0.05, 0) is 11.1 Å². The molecule has 0 bridgehead atoms. The zero-order valence-corrected chi connectivity index (χ0v) is 12.2. The maximum atomic E-state index is 12.6. The molecule has 1 unspecified atom stereocenters. The highest BCUT2D eigenvalue weighted by Gasteiger charge is 2.46. The molecule has 1 aliphatic heterocycles. The van der Waals surface area contributed by atoms with Gasteiger partial charge in [0.25, 0.3) is 0 Å². The minimum absolute atomic E-state index is 0.274. The molecule has 1 heterocycles. The lowest BCUT2D eigenvalue weighted by Gasteiger charge is -2.10. The van der Waals surface area contributed by atoms with E-state index in [-0.39, 0.29) is 5.78 Å². The summed E-state index contributed by atoms with van der Waals surface area (Å²) in [4.78, 5) is 25.0. The maximum absolute atomic E-state index is 12.6. The van der Waals surface area contributed by atoms with E-state index in [2.05, 4.69) is 0 Å². The van der Waals surface area contributed by atoms with Crippen LogP contribution < -0.4 is 5.73 Å². The van der Waals surface area contributed by atoms with E-state index in [0.29, 0.717) is 28.0 Å². The van der Waals surface area contributed by atoms with E-state index in [4.69, 9.17) is 10.5 Å². The first-order valence-corrected chi connectivity index (χ1v) is 7.30. The smallest absolute Gasteiger partial charge is 0.344 e. The Hall–Kier alpha value is -2.98. The molecule has 2 aromatic carbocycles. The van der Waals surface area contributed by atoms with E-state index in [1.54, 1.807) is 12.1 Å². The van der Waals surface area contributed by atoms with Gasteiger partial charge in [-0.3, -0.25) is 4.79 Å². The van der Waals surface area contributed by atoms with Gasteiger partial charge in [0, 0.05) is 5.56 Å². The molecular weight excluding hydrogens is 290 g/mol. The minimum atomic E-state index is -0.839. The summed E-state index contributed by atoms with van der Waals surface area (Å²) in [6.07, 6.45) is 0. The molecule has 0 amide bonds. The van der Waals surface area contributed by atoms with Gasteiger partial charge < -0.3 is 10.5 Å². The topological polar surface area (TPSA) is 69.4 Å². The summed E-state index contributed by atoms with van der Waals surface area (Å²) in [6.45, 7) is 0. The lowest BCUT2D eigenvalue weighted by atomic mass is 9.99. The summed E-state index contributed by atoms with van der Waals surface area (Å²) in [6, 6.07) is 17.5. The molecule has 2 N–H and O–H groups in total. The van der Waals surface area contributed by atoms with Crippen LogP contribution in [0.2, 0.25) is 0 Å². The predicted octanol–water partition coefficient (Wildman–Crippen LogP) is 2.32. The zero-order valence-electron chi connectivity index (χ0n) is 12.2. The van der Waals surface area contributed by atoms with Crippen molar-refractivity contribution in [1.29, 1.82) is 0 Å². The van der Waals surface area contributed by atoms with Gasteiger partial charge in [0.2, 0.25) is 0 Å². The molecular formula is C19H13NO3. The van der Waals surface area contributed by atoms with E-state index < -0.39 is 12.0 Å². The highest BCUT2D eigenvalue weighted by molar-refractivity contribution is 6.31. The Kier molecular flexibility index (Phi) is 2.99. The highest BCUT2D eigenvalue weighted by Crippen LogP contribution is 2.44. The SMILES string of the molecule is NC1C(=O)C2=C(c3ccccc3)OC(=O)C2=C1c1ccccc1. The summed E-state index contributed by atoms with van der Waals surface area (Å²) in [5.74, 6) is -0.487. The summed E-state index contributed by atoms with van der Waals surface area (Å²) < 4.78 is 5.39. The number of benzene rings is 2. The number of hydrogen-bond acceptors (Lipinski definition) is 4. The molecule has 1 atom stereocenters. The van der Waals surface area contributed by atoms with Crippen LogP contribution in [0.15, 0.2) is 71.8 Å². The molecule has 1 aliphatic carbocycles. The van der Waals surface area contributed by atoms with E-state index in [1.807, 2.05) is 48.5 Å². The van der Waals surface area contributed by atoms with Gasteiger partial charge in [-0.1, -0.05) is 60.7 Å². The summed E-state index contributed by atoms with van der Waals surface area (Å²) in [7, 11) is 0. The first-order chi connectivity index (χ1) is 11.2. The number of nitrogens with two attached hydrogens (primary N) is 1. The third kappa shape index (κ3) is 1.96. The monoisotopic (exact) mass is 303 g/mol. The Labute approximate surface area is 132 Å².